The molecule has 1 aliphatic rings. The minimum atomic E-state index is 0.741. The second-order valence-corrected chi connectivity index (χ2v) is 2.32. The Morgan fingerprint density at radius 1 is 1.67 bits per heavy atom. The van der Waals surface area contributed by atoms with Gasteiger partial charge >= 0.3 is 0 Å². The molecule has 1 nitrogen and oxygen atoms in total. The van der Waals surface area contributed by atoms with Crippen molar-refractivity contribution in [1.29, 1.82) is 0 Å². The average Bonchev–Trinajstić information content (AvgIpc) is 1.86. The molecule has 0 aromatic heterocycles. The van der Waals surface area contributed by atoms with E-state index in [4.69, 9.17) is 5.73 Å². The fraction of sp³-hybridized carbons (Fsp3) is 0. The summed E-state index contributed by atoms with van der Waals surface area (Å²) in [5.74, 6) is 0. The number of nitrogens with two attached hydrogens (primary N) is 1. The van der Waals surface area contributed by atoms with Gasteiger partial charge in [0.05, 0.1) is 0 Å². The lowest BCUT2D eigenvalue weighted by Gasteiger charge is -1.84. The van der Waals surface area contributed by atoms with E-state index in [1.807, 2.05) is 12.2 Å². The molecule has 0 spiro atoms. The summed E-state index contributed by atoms with van der Waals surface area (Å²) in [6, 6.07) is 0. The van der Waals surface area contributed by atoms with E-state index in [1.165, 1.54) is 0 Å². The molecule has 34 valence electrons. The summed E-state index contributed by atoms with van der Waals surface area (Å²) in [6.07, 6.45) is 3.91. The second-order valence-electron chi connectivity index (χ2n) is 1.13. The minimum Gasteiger partial charge on any atom is -0.395 e. The van der Waals surface area contributed by atoms with Crippen LogP contribution in [0.3, 0.4) is 0 Å². The molecule has 0 saturated carbocycles. The molecule has 0 unspecified atom stereocenters. The van der Waals surface area contributed by atoms with Crippen LogP contribution in [-0.2, 0) is 0 Å². The van der Waals surface area contributed by atoms with E-state index < -0.39 is 0 Å². The molecule has 1 heterocycles. The Morgan fingerprint density at radius 3 is 2.67 bits per heavy atom. The highest BCUT2D eigenvalue weighted by molar-refractivity contribution is 8.06. The van der Waals surface area contributed by atoms with Crippen molar-refractivity contribution in [3.63, 3.8) is 0 Å². The number of rotatable bonds is 0. The van der Waals surface area contributed by atoms with Crippen LogP contribution < -0.4 is 5.73 Å². The average molecular weight is 101 g/mol. The minimum absolute atomic E-state index is 0.741. The fourth-order valence-corrected chi connectivity index (χ4v) is 0.922. The molecule has 0 saturated heterocycles. The fourth-order valence-electron chi connectivity index (χ4n) is 0.344. The lowest BCUT2D eigenvalue weighted by molar-refractivity contribution is 1.57. The van der Waals surface area contributed by atoms with Crippen LogP contribution in [0.2, 0.25) is 0 Å². The van der Waals surface area contributed by atoms with Crippen LogP contribution in [0.1, 0.15) is 0 Å². The van der Waals surface area contributed by atoms with E-state index in [1.54, 1.807) is 0 Å². The van der Waals surface area contributed by atoms with Gasteiger partial charge in [0.1, 0.15) is 0 Å². The lowest BCUT2D eigenvalue weighted by Crippen LogP contribution is -1.84. The zero-order valence-electron chi connectivity index (χ0n) is 3.31. The molecule has 2 N–H and O–H groups in total. The SMILES string of the molecule is NC1=CC=C[SH2]1. The summed E-state index contributed by atoms with van der Waals surface area (Å²) in [5, 5.41) is 3.06. The Morgan fingerprint density at radius 2 is 2.50 bits per heavy atom. The normalized spacial score (nSPS) is 25.0. The van der Waals surface area contributed by atoms with Crippen molar-refractivity contribution in [3.8, 4) is 0 Å². The molecule has 0 aromatic carbocycles. The van der Waals surface area contributed by atoms with Crippen molar-refractivity contribution in [2.45, 2.75) is 0 Å². The van der Waals surface area contributed by atoms with Crippen molar-refractivity contribution < 1.29 is 0 Å². The van der Waals surface area contributed by atoms with Gasteiger partial charge in [0.25, 0.3) is 0 Å². The van der Waals surface area contributed by atoms with Gasteiger partial charge in [-0.05, 0) is 11.5 Å². The maximum atomic E-state index is 5.35. The van der Waals surface area contributed by atoms with Crippen molar-refractivity contribution >= 4 is 11.8 Å². The van der Waals surface area contributed by atoms with E-state index in [-0.39, 0.29) is 0 Å². The van der Waals surface area contributed by atoms with E-state index in [0.29, 0.717) is 0 Å². The molecule has 0 aromatic rings. The lowest BCUT2D eigenvalue weighted by atomic mass is 10.6. The third-order valence-electron chi connectivity index (χ3n) is 0.622. The standard InChI is InChI=1S/C4H7NS/c5-4-2-1-3-6-4/h1-3H,5-6H2. The first kappa shape index (κ1) is 3.81. The quantitative estimate of drug-likeness (QED) is 0.472. The molecule has 0 atom stereocenters. The second kappa shape index (κ2) is 1.39. The van der Waals surface area contributed by atoms with Crippen molar-refractivity contribution in [2.24, 2.45) is 5.73 Å². The van der Waals surface area contributed by atoms with Gasteiger partial charge in [0.2, 0.25) is 0 Å². The Hall–Kier alpha value is -0.370. The summed E-state index contributed by atoms with van der Waals surface area (Å²) in [7, 11) is 0. The third kappa shape index (κ3) is 0.571. The molecule has 1 aliphatic heterocycles. The van der Waals surface area contributed by atoms with Gasteiger partial charge in [0.15, 0.2) is 0 Å². The first-order valence-corrected chi connectivity index (χ1v) is 2.86. The van der Waals surface area contributed by atoms with Crippen LogP contribution >= 0.6 is 11.8 Å². The van der Waals surface area contributed by atoms with Crippen molar-refractivity contribution in [2.75, 3.05) is 0 Å². The summed E-state index contributed by atoms with van der Waals surface area (Å²) in [5.41, 5.74) is 5.35. The van der Waals surface area contributed by atoms with Crippen LogP contribution in [0.4, 0.5) is 0 Å². The molecular formula is C4H7NS. The predicted octanol–water partition coefficient (Wildman–Crippen LogP) is 0.512. The van der Waals surface area contributed by atoms with Crippen LogP contribution in [0, 0.1) is 0 Å². The number of hydrogen-bond acceptors (Lipinski definition) is 1. The van der Waals surface area contributed by atoms with E-state index in [0.717, 1.165) is 16.8 Å². The van der Waals surface area contributed by atoms with Crippen molar-refractivity contribution in [1.82, 2.24) is 0 Å². The zero-order valence-corrected chi connectivity index (χ0v) is 4.31. The molecule has 0 aliphatic carbocycles. The zero-order chi connectivity index (χ0) is 4.41. The smallest absolute Gasteiger partial charge is 0.0464 e. The van der Waals surface area contributed by atoms with Gasteiger partial charge in [-0.2, -0.15) is 0 Å². The Balaban J connectivity index is 2.61. The number of allylic oxidation sites excluding steroid dienone is 2. The summed E-state index contributed by atoms with van der Waals surface area (Å²) in [4.78, 5) is 0. The predicted molar refractivity (Wildman–Crippen MR) is 31.8 cm³/mol. The highest BCUT2D eigenvalue weighted by atomic mass is 32.2. The molecule has 0 radical (unpaired) electrons. The first-order chi connectivity index (χ1) is 2.89. The maximum absolute atomic E-state index is 5.35. The van der Waals surface area contributed by atoms with Crippen LogP contribution in [0.25, 0.3) is 0 Å². The Bertz CT molecular complexity index is 104. The van der Waals surface area contributed by atoms with Gasteiger partial charge < -0.3 is 5.73 Å². The molecule has 2 heteroatoms. The first-order valence-electron chi connectivity index (χ1n) is 1.78. The summed E-state index contributed by atoms with van der Waals surface area (Å²) in [6.45, 7) is 0. The van der Waals surface area contributed by atoms with Crippen LogP contribution in [0.5, 0.6) is 0 Å². The molecule has 1 rings (SSSR count). The Labute approximate surface area is 40.9 Å². The van der Waals surface area contributed by atoms with Gasteiger partial charge in [-0.1, -0.05) is 6.08 Å². The molecular weight excluding hydrogens is 94.1 g/mol. The molecule has 0 amide bonds. The monoisotopic (exact) mass is 101 g/mol. The third-order valence-corrected chi connectivity index (χ3v) is 1.48. The van der Waals surface area contributed by atoms with Crippen LogP contribution in [-0.4, -0.2) is 0 Å². The van der Waals surface area contributed by atoms with Gasteiger partial charge in [-0.15, -0.1) is 0 Å². The van der Waals surface area contributed by atoms with E-state index >= 15 is 0 Å². The Kier molecular flexibility index (Phi) is 0.881. The largest absolute Gasteiger partial charge is 0.395 e. The van der Waals surface area contributed by atoms with E-state index in [2.05, 4.69) is 5.41 Å². The summed E-state index contributed by atoms with van der Waals surface area (Å²) >= 11 is 0.741. The number of hydrogen-bond donors (Lipinski definition) is 1. The molecule has 6 heavy (non-hydrogen) atoms. The van der Waals surface area contributed by atoms with Gasteiger partial charge in [0, 0.05) is 5.03 Å². The van der Waals surface area contributed by atoms with Gasteiger partial charge in [-0.3, -0.25) is 0 Å². The summed E-state index contributed by atoms with van der Waals surface area (Å²) < 4.78 is 0. The van der Waals surface area contributed by atoms with Crippen molar-refractivity contribution in [3.05, 3.63) is 22.6 Å². The molecule has 0 bridgehead atoms. The highest BCUT2D eigenvalue weighted by Crippen LogP contribution is 2.16. The van der Waals surface area contributed by atoms with Crippen LogP contribution in [0.15, 0.2) is 22.6 Å². The van der Waals surface area contributed by atoms with E-state index in [9.17, 15) is 0 Å². The highest BCUT2D eigenvalue weighted by Gasteiger charge is 1.83. The topological polar surface area (TPSA) is 26.0 Å². The maximum Gasteiger partial charge on any atom is 0.0464 e. The van der Waals surface area contributed by atoms with Gasteiger partial charge in [-0.25, -0.2) is 11.8 Å². The molecule has 0 fully saturated rings.